The predicted molar refractivity (Wildman–Crippen MR) is 141 cm³/mol. The highest BCUT2D eigenvalue weighted by Crippen LogP contribution is 2.33. The molecule has 0 spiro atoms. The minimum Gasteiger partial charge on any atom is -0.494 e. The third kappa shape index (κ3) is 6.29. The molecule has 0 aliphatic carbocycles. The number of carbonyl (C=O) groups excluding carboxylic acids is 1. The maximum absolute atomic E-state index is 14.4. The fraction of sp³-hybridized carbons (Fsp3) is 0.577. The SMILES string of the molecule is COc1cc2nc(N)n3nc([C@@H]4CC[C@H](C)N(C(=O)[C@@H]5CCN(C(C)C)C5)C4)nc3c2cc1F.O=C(O)C(F)(F)F. The lowest BCUT2D eigenvalue weighted by atomic mass is 9.91. The van der Waals surface area contributed by atoms with Crippen molar-refractivity contribution in [2.45, 2.75) is 64.2 Å². The number of nitrogens with zero attached hydrogens (tertiary/aromatic N) is 6. The van der Waals surface area contributed by atoms with Crippen LogP contribution in [0.5, 0.6) is 5.75 Å². The summed E-state index contributed by atoms with van der Waals surface area (Å²) in [7, 11) is 1.41. The number of ether oxygens (including phenoxy) is 1. The third-order valence-corrected chi connectivity index (χ3v) is 7.66. The molecule has 0 unspecified atom stereocenters. The van der Waals surface area contributed by atoms with E-state index in [0.717, 1.165) is 32.4 Å². The van der Waals surface area contributed by atoms with Crippen molar-refractivity contribution in [2.75, 3.05) is 32.5 Å². The van der Waals surface area contributed by atoms with Gasteiger partial charge in [-0.3, -0.25) is 4.79 Å². The van der Waals surface area contributed by atoms with E-state index in [-0.39, 0.29) is 35.5 Å². The summed E-state index contributed by atoms with van der Waals surface area (Å²) >= 11 is 0. The quantitative estimate of drug-likeness (QED) is 0.442. The number of anilines is 1. The first-order valence-corrected chi connectivity index (χ1v) is 13.2. The highest BCUT2D eigenvalue weighted by Gasteiger charge is 2.39. The number of carboxylic acids is 1. The monoisotopic (exact) mass is 583 g/mol. The van der Waals surface area contributed by atoms with Gasteiger partial charge in [-0.15, -0.1) is 5.10 Å². The van der Waals surface area contributed by atoms with Crippen LogP contribution in [0.3, 0.4) is 0 Å². The number of benzene rings is 1. The number of alkyl halides is 3. The lowest BCUT2D eigenvalue weighted by Crippen LogP contribution is -2.48. The van der Waals surface area contributed by atoms with Gasteiger partial charge in [0.05, 0.1) is 18.5 Å². The van der Waals surface area contributed by atoms with Gasteiger partial charge in [-0.25, -0.2) is 19.2 Å². The van der Waals surface area contributed by atoms with E-state index in [9.17, 15) is 22.4 Å². The van der Waals surface area contributed by atoms with Gasteiger partial charge in [0, 0.05) is 42.5 Å². The van der Waals surface area contributed by atoms with Gasteiger partial charge in [-0.2, -0.15) is 17.7 Å². The van der Waals surface area contributed by atoms with Gasteiger partial charge in [-0.05, 0) is 52.6 Å². The van der Waals surface area contributed by atoms with E-state index >= 15 is 0 Å². The summed E-state index contributed by atoms with van der Waals surface area (Å²) in [4.78, 5) is 35.8. The summed E-state index contributed by atoms with van der Waals surface area (Å²) < 4.78 is 52.7. The Labute approximate surface area is 233 Å². The zero-order chi connectivity index (χ0) is 30.2. The number of nitrogens with two attached hydrogens (primary N) is 1. The molecule has 1 aromatic carbocycles. The Morgan fingerprint density at radius 2 is 1.83 bits per heavy atom. The van der Waals surface area contributed by atoms with Crippen LogP contribution in [0, 0.1) is 11.7 Å². The van der Waals surface area contributed by atoms with E-state index < -0.39 is 18.0 Å². The molecule has 0 radical (unpaired) electrons. The number of carbonyl (C=O) groups is 2. The van der Waals surface area contributed by atoms with E-state index in [1.54, 1.807) is 0 Å². The van der Waals surface area contributed by atoms with E-state index in [1.807, 2.05) is 4.90 Å². The molecule has 15 heteroatoms. The minimum atomic E-state index is -5.08. The molecular formula is C26H33F4N7O4. The van der Waals surface area contributed by atoms with Crippen molar-refractivity contribution in [1.29, 1.82) is 0 Å². The van der Waals surface area contributed by atoms with Gasteiger partial charge in [0.1, 0.15) is 0 Å². The highest BCUT2D eigenvalue weighted by atomic mass is 19.4. The van der Waals surface area contributed by atoms with Crippen LogP contribution in [0.2, 0.25) is 0 Å². The molecule has 11 nitrogen and oxygen atoms in total. The van der Waals surface area contributed by atoms with E-state index in [2.05, 4.69) is 35.8 Å². The van der Waals surface area contributed by atoms with Crippen LogP contribution in [0.25, 0.3) is 16.6 Å². The number of piperidine rings is 1. The van der Waals surface area contributed by atoms with Crippen molar-refractivity contribution in [3.8, 4) is 5.75 Å². The fourth-order valence-electron chi connectivity index (χ4n) is 5.29. The predicted octanol–water partition coefficient (Wildman–Crippen LogP) is 3.47. The molecule has 2 aliphatic heterocycles. The van der Waals surface area contributed by atoms with Crippen LogP contribution >= 0.6 is 0 Å². The molecule has 4 heterocycles. The number of hydrogen-bond acceptors (Lipinski definition) is 8. The second kappa shape index (κ2) is 11.6. The summed E-state index contributed by atoms with van der Waals surface area (Å²) in [5.74, 6) is -2.12. The third-order valence-electron chi connectivity index (χ3n) is 7.66. The Balaban J connectivity index is 0.000000493. The second-order valence-corrected chi connectivity index (χ2v) is 10.7. The molecule has 3 atom stereocenters. The highest BCUT2D eigenvalue weighted by molar-refractivity contribution is 5.93. The number of hydrogen-bond donors (Lipinski definition) is 2. The summed E-state index contributed by atoms with van der Waals surface area (Å²) in [5, 5.41) is 12.3. The number of methoxy groups -OCH3 is 1. The van der Waals surface area contributed by atoms with E-state index in [4.69, 9.17) is 25.4 Å². The first kappa shape index (κ1) is 30.2. The maximum Gasteiger partial charge on any atom is 0.490 e. The van der Waals surface area contributed by atoms with Crippen LogP contribution in [0.1, 0.15) is 51.8 Å². The maximum atomic E-state index is 14.4. The number of rotatable bonds is 4. The second-order valence-electron chi connectivity index (χ2n) is 10.7. The summed E-state index contributed by atoms with van der Waals surface area (Å²) in [6.45, 7) is 8.82. The summed E-state index contributed by atoms with van der Waals surface area (Å²) in [5.41, 5.74) is 7.11. The normalized spacial score (nSPS) is 21.8. The Kier molecular flexibility index (Phi) is 8.57. The van der Waals surface area contributed by atoms with Crippen LogP contribution in [-0.2, 0) is 9.59 Å². The molecule has 2 aliphatic rings. The number of nitrogen functional groups attached to an aromatic ring is 1. The van der Waals surface area contributed by atoms with Crippen LogP contribution < -0.4 is 10.5 Å². The van der Waals surface area contributed by atoms with Crippen molar-refractivity contribution in [3.05, 3.63) is 23.8 Å². The first-order chi connectivity index (χ1) is 19.2. The van der Waals surface area contributed by atoms with Gasteiger partial charge in [0.2, 0.25) is 11.9 Å². The standard InChI is InChI=1S/C24H32FN7O2.C2HF3O2/c1-13(2)30-8-7-16(11-30)23(33)31-12-15(6-5-14(31)3)21-28-22-17-9-18(25)20(34-4)10-19(17)27-24(26)32(22)29-21;3-2(4,5)1(6)7/h9-10,13-16H,5-8,11-12H2,1-4H3,(H2,26,27);(H,6,7)/t14-,15+,16+;/m0./s1. The van der Waals surface area contributed by atoms with Gasteiger partial charge in [0.25, 0.3) is 0 Å². The molecule has 2 fully saturated rings. The zero-order valence-electron chi connectivity index (χ0n) is 23.2. The molecule has 1 amide bonds. The topological polar surface area (TPSA) is 139 Å². The Morgan fingerprint density at radius 1 is 1.15 bits per heavy atom. The largest absolute Gasteiger partial charge is 0.494 e. The number of aliphatic carboxylic acids is 1. The Bertz CT molecular complexity index is 1440. The fourth-order valence-corrected chi connectivity index (χ4v) is 5.29. The molecule has 2 saturated heterocycles. The van der Waals surface area contributed by atoms with Gasteiger partial charge < -0.3 is 25.4 Å². The molecule has 5 rings (SSSR count). The average molecular weight is 584 g/mol. The molecule has 2 aromatic heterocycles. The van der Waals surface area contributed by atoms with Crippen LogP contribution in [0.4, 0.5) is 23.5 Å². The molecule has 3 N–H and O–H groups in total. The molecule has 0 saturated carbocycles. The molecule has 3 aromatic rings. The van der Waals surface area contributed by atoms with Gasteiger partial charge in [0.15, 0.2) is 23.0 Å². The Hall–Kier alpha value is -3.75. The lowest BCUT2D eigenvalue weighted by Gasteiger charge is -2.38. The van der Waals surface area contributed by atoms with Gasteiger partial charge >= 0.3 is 12.1 Å². The molecular weight excluding hydrogens is 550 g/mol. The van der Waals surface area contributed by atoms with Gasteiger partial charge in [-0.1, -0.05) is 0 Å². The number of aromatic nitrogens is 4. The number of amides is 1. The summed E-state index contributed by atoms with van der Waals surface area (Å²) in [6, 6.07) is 3.50. The van der Waals surface area contributed by atoms with Crippen molar-refractivity contribution < 1.29 is 37.0 Å². The molecule has 224 valence electrons. The number of carboxylic acid groups (broad SMARTS) is 1. The zero-order valence-corrected chi connectivity index (χ0v) is 23.2. The van der Waals surface area contributed by atoms with Crippen molar-refractivity contribution >= 4 is 34.4 Å². The number of halogens is 4. The minimum absolute atomic E-state index is 0.0137. The van der Waals surface area contributed by atoms with Crippen LogP contribution in [0.15, 0.2) is 12.1 Å². The van der Waals surface area contributed by atoms with Crippen molar-refractivity contribution in [1.82, 2.24) is 29.4 Å². The van der Waals surface area contributed by atoms with E-state index in [1.165, 1.54) is 23.8 Å². The average Bonchev–Trinajstić information content (AvgIpc) is 3.58. The van der Waals surface area contributed by atoms with E-state index in [0.29, 0.717) is 35.0 Å². The lowest BCUT2D eigenvalue weighted by molar-refractivity contribution is -0.192. The summed E-state index contributed by atoms with van der Waals surface area (Å²) in [6.07, 6.45) is -2.42. The Morgan fingerprint density at radius 3 is 2.41 bits per heavy atom. The number of likely N-dealkylation sites (tertiary alicyclic amines) is 2. The van der Waals surface area contributed by atoms with Crippen molar-refractivity contribution in [2.24, 2.45) is 5.92 Å². The smallest absolute Gasteiger partial charge is 0.490 e. The molecule has 41 heavy (non-hydrogen) atoms. The van der Waals surface area contributed by atoms with Crippen LogP contribution in [-0.4, -0.2) is 91.4 Å². The first-order valence-electron chi connectivity index (χ1n) is 13.2. The number of fused-ring (bicyclic) bond motifs is 3. The van der Waals surface area contributed by atoms with Crippen molar-refractivity contribution in [3.63, 3.8) is 0 Å². The molecule has 0 bridgehead atoms.